The van der Waals surface area contributed by atoms with Crippen molar-refractivity contribution in [1.29, 1.82) is 0 Å². The van der Waals surface area contributed by atoms with E-state index in [-0.39, 0.29) is 12.3 Å². The number of halogens is 2. The van der Waals surface area contributed by atoms with Crippen LogP contribution in [0, 0.1) is 6.92 Å². The summed E-state index contributed by atoms with van der Waals surface area (Å²) in [6, 6.07) is 6.66. The molecule has 0 saturated heterocycles. The molecule has 0 amide bonds. The molecule has 1 aromatic heterocycles. The predicted molar refractivity (Wildman–Crippen MR) is 108 cm³/mol. The summed E-state index contributed by atoms with van der Waals surface area (Å²) in [6.07, 6.45) is 3.04. The largest absolute Gasteiger partial charge is 0.434 e. The van der Waals surface area contributed by atoms with E-state index in [2.05, 4.69) is 36.8 Å². The minimum Gasteiger partial charge on any atom is -0.434 e. The molecule has 7 nitrogen and oxygen atoms in total. The van der Waals surface area contributed by atoms with Gasteiger partial charge in [-0.3, -0.25) is 0 Å². The monoisotopic (exact) mass is 412 g/mol. The number of aromatic nitrogens is 3. The first kappa shape index (κ1) is 21.9. The zero-order chi connectivity index (χ0) is 20.4. The summed E-state index contributed by atoms with van der Waals surface area (Å²) in [6.45, 7) is 0.414. The Labute approximate surface area is 168 Å². The first-order valence-electron chi connectivity index (χ1n) is 8.90. The quantitative estimate of drug-likeness (QED) is 0.355. The Balaban J connectivity index is 2.06. The Morgan fingerprint density at radius 1 is 1.29 bits per heavy atom. The molecule has 0 saturated carbocycles. The normalized spacial score (nSPS) is 11.7. The summed E-state index contributed by atoms with van der Waals surface area (Å²) in [7, 11) is 1.90. The molecule has 0 radical (unpaired) electrons. The Bertz CT molecular complexity index is 768. The van der Waals surface area contributed by atoms with Gasteiger partial charge in [0.25, 0.3) is 0 Å². The molecule has 0 spiro atoms. The molecular weight excluding hydrogens is 386 g/mol. The van der Waals surface area contributed by atoms with Crippen LogP contribution in [0.25, 0.3) is 0 Å². The van der Waals surface area contributed by atoms with Gasteiger partial charge in [0, 0.05) is 19.2 Å². The first-order chi connectivity index (χ1) is 13.5. The zero-order valence-electron chi connectivity index (χ0n) is 16.3. The van der Waals surface area contributed by atoms with Crippen LogP contribution < -0.4 is 15.4 Å². The summed E-state index contributed by atoms with van der Waals surface area (Å²) in [4.78, 5) is 4.52. The second-order valence-corrected chi connectivity index (χ2v) is 6.99. The maximum absolute atomic E-state index is 12.6. The number of thioether (sulfide) groups is 1. The predicted octanol–water partition coefficient (Wildman–Crippen LogP) is 2.71. The molecular formula is C18H26F2N6OS. The fourth-order valence-corrected chi connectivity index (χ4v) is 2.81. The van der Waals surface area contributed by atoms with E-state index in [0.29, 0.717) is 18.1 Å². The SMILES string of the molecule is CSCCCNC(=NCc1ccccc1OC(F)F)NCc1nnc(C)n1C. The number of ether oxygens (including phenoxy) is 1. The van der Waals surface area contributed by atoms with Gasteiger partial charge in [-0.15, -0.1) is 10.2 Å². The van der Waals surface area contributed by atoms with Gasteiger partial charge in [0.1, 0.15) is 11.6 Å². The van der Waals surface area contributed by atoms with Crippen molar-refractivity contribution in [3.63, 3.8) is 0 Å². The topological polar surface area (TPSA) is 76.4 Å². The molecule has 0 unspecified atom stereocenters. The lowest BCUT2D eigenvalue weighted by molar-refractivity contribution is -0.0504. The summed E-state index contributed by atoms with van der Waals surface area (Å²) in [5, 5.41) is 14.6. The van der Waals surface area contributed by atoms with Gasteiger partial charge in [-0.05, 0) is 31.4 Å². The third kappa shape index (κ3) is 6.99. The van der Waals surface area contributed by atoms with Crippen molar-refractivity contribution in [2.24, 2.45) is 12.0 Å². The van der Waals surface area contributed by atoms with Crippen molar-refractivity contribution in [3.05, 3.63) is 41.5 Å². The molecule has 0 aliphatic rings. The molecule has 154 valence electrons. The van der Waals surface area contributed by atoms with Crippen LogP contribution in [0.1, 0.15) is 23.6 Å². The molecule has 0 fully saturated rings. The molecule has 2 rings (SSSR count). The molecule has 1 heterocycles. The van der Waals surface area contributed by atoms with Crippen molar-refractivity contribution >= 4 is 17.7 Å². The number of aliphatic imine (C=N–C) groups is 1. The number of aryl methyl sites for hydroxylation is 1. The highest BCUT2D eigenvalue weighted by molar-refractivity contribution is 7.98. The van der Waals surface area contributed by atoms with Crippen molar-refractivity contribution in [2.45, 2.75) is 33.0 Å². The van der Waals surface area contributed by atoms with Crippen LogP contribution in [0.3, 0.4) is 0 Å². The summed E-state index contributed by atoms with van der Waals surface area (Å²) in [5.41, 5.74) is 0.586. The van der Waals surface area contributed by atoms with E-state index in [1.54, 1.807) is 30.0 Å². The fraction of sp³-hybridized carbons (Fsp3) is 0.500. The summed E-state index contributed by atoms with van der Waals surface area (Å²) in [5.74, 6) is 3.34. The minimum atomic E-state index is -2.87. The molecule has 1 aromatic carbocycles. The highest BCUT2D eigenvalue weighted by Gasteiger charge is 2.10. The number of hydrogen-bond acceptors (Lipinski definition) is 5. The Morgan fingerprint density at radius 2 is 2.07 bits per heavy atom. The van der Waals surface area contributed by atoms with Crippen molar-refractivity contribution < 1.29 is 13.5 Å². The third-order valence-electron chi connectivity index (χ3n) is 4.01. The molecule has 0 aliphatic carbocycles. The number of benzene rings is 1. The second kappa shape index (κ2) is 11.5. The van der Waals surface area contributed by atoms with E-state index in [4.69, 9.17) is 0 Å². The van der Waals surface area contributed by atoms with E-state index in [1.165, 1.54) is 6.07 Å². The van der Waals surface area contributed by atoms with Crippen LogP contribution >= 0.6 is 11.8 Å². The number of nitrogens with zero attached hydrogens (tertiary/aromatic N) is 4. The number of rotatable bonds is 10. The van der Waals surface area contributed by atoms with Crippen molar-refractivity contribution in [3.8, 4) is 5.75 Å². The van der Waals surface area contributed by atoms with E-state index in [0.717, 1.165) is 30.4 Å². The maximum atomic E-state index is 12.6. The lowest BCUT2D eigenvalue weighted by atomic mass is 10.2. The third-order valence-corrected chi connectivity index (χ3v) is 4.71. The van der Waals surface area contributed by atoms with Crippen molar-refractivity contribution in [2.75, 3.05) is 18.6 Å². The number of hydrogen-bond donors (Lipinski definition) is 2. The smallest absolute Gasteiger partial charge is 0.387 e. The van der Waals surface area contributed by atoms with Gasteiger partial charge < -0.3 is 19.9 Å². The molecule has 0 atom stereocenters. The van der Waals surface area contributed by atoms with Crippen LogP contribution in [-0.2, 0) is 20.1 Å². The number of para-hydroxylation sites is 1. The van der Waals surface area contributed by atoms with Gasteiger partial charge in [0.05, 0.1) is 13.1 Å². The second-order valence-electron chi connectivity index (χ2n) is 6.00. The summed E-state index contributed by atoms with van der Waals surface area (Å²) < 4.78 is 31.6. The van der Waals surface area contributed by atoms with E-state index in [1.807, 2.05) is 18.5 Å². The summed E-state index contributed by atoms with van der Waals surface area (Å²) >= 11 is 1.78. The van der Waals surface area contributed by atoms with Gasteiger partial charge in [-0.1, -0.05) is 18.2 Å². The van der Waals surface area contributed by atoms with Gasteiger partial charge in [-0.25, -0.2) is 4.99 Å². The van der Waals surface area contributed by atoms with Crippen LogP contribution in [-0.4, -0.2) is 45.9 Å². The van der Waals surface area contributed by atoms with E-state index >= 15 is 0 Å². The maximum Gasteiger partial charge on any atom is 0.387 e. The Hall–Kier alpha value is -2.36. The highest BCUT2D eigenvalue weighted by atomic mass is 32.2. The lowest BCUT2D eigenvalue weighted by Gasteiger charge is -2.13. The highest BCUT2D eigenvalue weighted by Crippen LogP contribution is 2.20. The van der Waals surface area contributed by atoms with E-state index in [9.17, 15) is 8.78 Å². The van der Waals surface area contributed by atoms with Gasteiger partial charge in [0.2, 0.25) is 0 Å². The molecule has 2 N–H and O–H groups in total. The Morgan fingerprint density at radius 3 is 2.75 bits per heavy atom. The number of guanidine groups is 1. The molecule has 10 heteroatoms. The van der Waals surface area contributed by atoms with Crippen molar-refractivity contribution in [1.82, 2.24) is 25.4 Å². The number of nitrogens with one attached hydrogen (secondary N) is 2. The Kier molecular flexibility index (Phi) is 8.99. The average molecular weight is 413 g/mol. The molecule has 0 bridgehead atoms. The van der Waals surface area contributed by atoms with Gasteiger partial charge in [0.15, 0.2) is 11.8 Å². The first-order valence-corrected chi connectivity index (χ1v) is 10.3. The average Bonchev–Trinajstić information content (AvgIpc) is 2.99. The van der Waals surface area contributed by atoms with Crippen LogP contribution in [0.5, 0.6) is 5.75 Å². The number of alkyl halides is 2. The van der Waals surface area contributed by atoms with Crippen LogP contribution in [0.2, 0.25) is 0 Å². The molecule has 0 aliphatic heterocycles. The lowest BCUT2D eigenvalue weighted by Crippen LogP contribution is -2.38. The van der Waals surface area contributed by atoms with Gasteiger partial charge in [-0.2, -0.15) is 20.5 Å². The molecule has 28 heavy (non-hydrogen) atoms. The van der Waals surface area contributed by atoms with Gasteiger partial charge >= 0.3 is 6.61 Å². The fourth-order valence-electron chi connectivity index (χ4n) is 2.37. The van der Waals surface area contributed by atoms with Crippen LogP contribution in [0.4, 0.5) is 8.78 Å². The van der Waals surface area contributed by atoms with Crippen LogP contribution in [0.15, 0.2) is 29.3 Å². The zero-order valence-corrected chi connectivity index (χ0v) is 17.1. The standard InChI is InChI=1S/C18H26F2N6OS/c1-13-24-25-16(26(13)2)12-23-18(21-9-6-10-28-3)22-11-14-7-4-5-8-15(14)27-17(19)20/h4-5,7-8,17H,6,9-12H2,1-3H3,(H2,21,22,23). The van der Waals surface area contributed by atoms with E-state index < -0.39 is 6.61 Å². The minimum absolute atomic E-state index is 0.131. The molecule has 2 aromatic rings.